The Kier molecular flexibility index (Phi) is 7.84. The minimum absolute atomic E-state index is 0.230. The molecular formula is C23H25ClN4O3S. The van der Waals surface area contributed by atoms with Gasteiger partial charge in [-0.2, -0.15) is 9.40 Å². The molecule has 7 nitrogen and oxygen atoms in total. The Labute approximate surface area is 193 Å². The summed E-state index contributed by atoms with van der Waals surface area (Å²) >= 11 is 5.92. The molecule has 0 atom stereocenters. The molecule has 1 heterocycles. The third-order valence-electron chi connectivity index (χ3n) is 4.86. The van der Waals surface area contributed by atoms with Crippen LogP contribution in [0.2, 0.25) is 5.02 Å². The van der Waals surface area contributed by atoms with E-state index in [2.05, 4.69) is 10.4 Å². The SMILES string of the molecule is CCN(CC)S(=O)(=O)c1ccc(/C=C/C(=O)Nc2ccnn2Cc2ccc(Cl)cc2)cc1. The number of nitrogens with one attached hydrogen (secondary N) is 1. The molecule has 9 heteroatoms. The highest BCUT2D eigenvalue weighted by Gasteiger charge is 2.20. The standard InChI is InChI=1S/C23H25ClN4O3S/c1-3-27(4-2)32(30,31)21-12-7-18(8-13-21)9-14-23(29)26-22-15-16-25-28(22)17-19-5-10-20(24)11-6-19/h5-16H,3-4,17H2,1-2H3,(H,26,29)/b14-9+. The lowest BCUT2D eigenvalue weighted by atomic mass is 10.2. The molecular weight excluding hydrogens is 448 g/mol. The van der Waals surface area contributed by atoms with E-state index in [1.165, 1.54) is 10.4 Å². The summed E-state index contributed by atoms with van der Waals surface area (Å²) in [6.45, 7) is 4.92. The Morgan fingerprint density at radius 1 is 1.06 bits per heavy atom. The zero-order valence-corrected chi connectivity index (χ0v) is 19.5. The van der Waals surface area contributed by atoms with E-state index in [-0.39, 0.29) is 10.8 Å². The molecule has 1 N–H and O–H groups in total. The van der Waals surface area contributed by atoms with Gasteiger partial charge in [0.05, 0.1) is 17.6 Å². The lowest BCUT2D eigenvalue weighted by Gasteiger charge is -2.18. The van der Waals surface area contributed by atoms with E-state index < -0.39 is 10.0 Å². The normalized spacial score (nSPS) is 11.9. The summed E-state index contributed by atoms with van der Waals surface area (Å²) in [7, 11) is -3.50. The van der Waals surface area contributed by atoms with Crippen LogP contribution in [0.25, 0.3) is 6.08 Å². The average Bonchev–Trinajstić information content (AvgIpc) is 3.21. The molecule has 0 fully saturated rings. The van der Waals surface area contributed by atoms with Crippen LogP contribution in [0.3, 0.4) is 0 Å². The van der Waals surface area contributed by atoms with Crippen molar-refractivity contribution >= 4 is 39.4 Å². The van der Waals surface area contributed by atoms with E-state index in [1.807, 2.05) is 12.1 Å². The van der Waals surface area contributed by atoms with Gasteiger partial charge in [-0.25, -0.2) is 13.1 Å². The fourth-order valence-electron chi connectivity index (χ4n) is 3.13. The van der Waals surface area contributed by atoms with E-state index in [0.717, 1.165) is 5.56 Å². The van der Waals surface area contributed by atoms with Crippen molar-refractivity contribution in [1.82, 2.24) is 14.1 Å². The highest BCUT2D eigenvalue weighted by molar-refractivity contribution is 7.89. The van der Waals surface area contributed by atoms with E-state index in [0.29, 0.717) is 36.0 Å². The Bertz CT molecular complexity index is 1180. The maximum atomic E-state index is 12.6. The van der Waals surface area contributed by atoms with Gasteiger partial charge in [-0.3, -0.25) is 4.79 Å². The number of hydrogen-bond donors (Lipinski definition) is 1. The third kappa shape index (κ3) is 5.85. The number of rotatable bonds is 9. The Morgan fingerprint density at radius 2 is 1.72 bits per heavy atom. The van der Waals surface area contributed by atoms with Crippen LogP contribution in [0.4, 0.5) is 5.82 Å². The first-order chi connectivity index (χ1) is 15.3. The van der Waals surface area contributed by atoms with Crippen LogP contribution in [-0.2, 0) is 21.4 Å². The largest absolute Gasteiger partial charge is 0.307 e. The molecule has 3 rings (SSSR count). The Morgan fingerprint density at radius 3 is 2.34 bits per heavy atom. The van der Waals surface area contributed by atoms with Gasteiger partial charge in [0.15, 0.2) is 0 Å². The average molecular weight is 473 g/mol. The van der Waals surface area contributed by atoms with Crippen LogP contribution in [0.1, 0.15) is 25.0 Å². The van der Waals surface area contributed by atoms with Gasteiger partial charge in [-0.05, 0) is 41.5 Å². The molecule has 1 aromatic heterocycles. The predicted octanol–water partition coefficient (Wildman–Crippen LogP) is 4.27. The predicted molar refractivity (Wildman–Crippen MR) is 127 cm³/mol. The lowest BCUT2D eigenvalue weighted by molar-refractivity contribution is -0.111. The van der Waals surface area contributed by atoms with Gasteiger partial charge < -0.3 is 5.32 Å². The molecule has 0 aliphatic carbocycles. The summed E-state index contributed by atoms with van der Waals surface area (Å²) in [6, 6.07) is 15.6. The van der Waals surface area contributed by atoms with Crippen LogP contribution in [-0.4, -0.2) is 41.5 Å². The molecule has 1 amide bonds. The van der Waals surface area contributed by atoms with E-state index >= 15 is 0 Å². The Balaban J connectivity index is 1.64. The molecule has 0 unspecified atom stereocenters. The number of halogens is 1. The minimum Gasteiger partial charge on any atom is -0.307 e. The molecule has 168 valence electrons. The minimum atomic E-state index is -3.50. The second-order valence-corrected chi connectivity index (χ2v) is 9.36. The molecule has 32 heavy (non-hydrogen) atoms. The summed E-state index contributed by atoms with van der Waals surface area (Å²) in [5, 5.41) is 7.71. The zero-order valence-electron chi connectivity index (χ0n) is 17.9. The second-order valence-electron chi connectivity index (χ2n) is 6.98. The van der Waals surface area contributed by atoms with E-state index in [4.69, 9.17) is 11.6 Å². The van der Waals surface area contributed by atoms with Crippen LogP contribution >= 0.6 is 11.6 Å². The summed E-state index contributed by atoms with van der Waals surface area (Å²) < 4.78 is 28.2. The quantitative estimate of drug-likeness (QED) is 0.471. The van der Waals surface area contributed by atoms with Gasteiger partial charge in [0.25, 0.3) is 0 Å². The van der Waals surface area contributed by atoms with Crippen molar-refractivity contribution in [3.05, 3.63) is 83.0 Å². The van der Waals surface area contributed by atoms with Crippen molar-refractivity contribution in [3.8, 4) is 0 Å². The lowest BCUT2D eigenvalue weighted by Crippen LogP contribution is -2.30. The summed E-state index contributed by atoms with van der Waals surface area (Å²) in [5.74, 6) is 0.248. The number of anilines is 1. The number of amides is 1. The van der Waals surface area contributed by atoms with Gasteiger partial charge >= 0.3 is 0 Å². The first kappa shape index (κ1) is 23.7. The molecule has 3 aromatic rings. The van der Waals surface area contributed by atoms with Crippen LogP contribution in [0.15, 0.2) is 71.8 Å². The van der Waals surface area contributed by atoms with Crippen LogP contribution in [0, 0.1) is 0 Å². The number of nitrogens with zero attached hydrogens (tertiary/aromatic N) is 3. The second kappa shape index (κ2) is 10.6. The van der Waals surface area contributed by atoms with Gasteiger partial charge in [-0.15, -0.1) is 0 Å². The molecule has 0 radical (unpaired) electrons. The molecule has 0 spiro atoms. The first-order valence-corrected chi connectivity index (χ1v) is 12.0. The van der Waals surface area contributed by atoms with Crippen molar-refractivity contribution in [2.24, 2.45) is 0 Å². The molecule has 0 aliphatic heterocycles. The van der Waals surface area contributed by atoms with Crippen LogP contribution < -0.4 is 5.32 Å². The summed E-state index contributed by atoms with van der Waals surface area (Å²) in [5.41, 5.74) is 1.72. The Hall–Kier alpha value is -2.94. The fourth-order valence-corrected chi connectivity index (χ4v) is 4.71. The smallest absolute Gasteiger partial charge is 0.249 e. The highest BCUT2D eigenvalue weighted by Crippen LogP contribution is 2.17. The molecule has 0 bridgehead atoms. The van der Waals surface area contributed by atoms with Crippen molar-refractivity contribution in [3.63, 3.8) is 0 Å². The fraction of sp³-hybridized carbons (Fsp3) is 0.217. The maximum absolute atomic E-state index is 12.6. The topological polar surface area (TPSA) is 84.3 Å². The van der Waals surface area contributed by atoms with Crippen LogP contribution in [0.5, 0.6) is 0 Å². The van der Waals surface area contributed by atoms with Gasteiger partial charge in [0.1, 0.15) is 5.82 Å². The molecule has 0 saturated carbocycles. The number of carbonyl (C=O) groups is 1. The number of aromatic nitrogens is 2. The number of benzene rings is 2. The van der Waals surface area contributed by atoms with Crippen molar-refractivity contribution < 1.29 is 13.2 Å². The molecule has 0 aliphatic rings. The summed E-state index contributed by atoms with van der Waals surface area (Å²) in [6.07, 6.45) is 4.64. The number of hydrogen-bond acceptors (Lipinski definition) is 4. The number of carbonyl (C=O) groups excluding carboxylic acids is 1. The van der Waals surface area contributed by atoms with E-state index in [1.54, 1.807) is 73.3 Å². The third-order valence-corrected chi connectivity index (χ3v) is 7.18. The van der Waals surface area contributed by atoms with Crippen molar-refractivity contribution in [2.45, 2.75) is 25.3 Å². The highest BCUT2D eigenvalue weighted by atomic mass is 35.5. The molecule has 0 saturated heterocycles. The number of sulfonamides is 1. The maximum Gasteiger partial charge on any atom is 0.249 e. The monoisotopic (exact) mass is 472 g/mol. The van der Waals surface area contributed by atoms with Crippen molar-refractivity contribution in [1.29, 1.82) is 0 Å². The van der Waals surface area contributed by atoms with Gasteiger partial charge in [0, 0.05) is 30.3 Å². The van der Waals surface area contributed by atoms with Gasteiger partial charge in [0.2, 0.25) is 15.9 Å². The van der Waals surface area contributed by atoms with Gasteiger partial charge in [-0.1, -0.05) is 49.7 Å². The van der Waals surface area contributed by atoms with Crippen molar-refractivity contribution in [2.75, 3.05) is 18.4 Å². The molecule has 2 aromatic carbocycles. The first-order valence-electron chi connectivity index (χ1n) is 10.2. The zero-order chi connectivity index (χ0) is 23.1. The van der Waals surface area contributed by atoms with E-state index in [9.17, 15) is 13.2 Å². The summed E-state index contributed by atoms with van der Waals surface area (Å²) in [4.78, 5) is 12.6.